The van der Waals surface area contributed by atoms with Crippen LogP contribution in [0.4, 0.5) is 0 Å². The SMILES string of the molecule is CCc1cc(CO)cc(OC2CCN(C)CC2)n1. The van der Waals surface area contributed by atoms with Gasteiger partial charge in [0.25, 0.3) is 0 Å². The molecule has 0 aliphatic carbocycles. The highest BCUT2D eigenvalue weighted by Gasteiger charge is 2.18. The minimum absolute atomic E-state index is 0.0410. The number of aromatic nitrogens is 1. The zero-order valence-corrected chi connectivity index (χ0v) is 11.2. The Morgan fingerprint density at radius 2 is 2.11 bits per heavy atom. The highest BCUT2D eigenvalue weighted by atomic mass is 16.5. The van der Waals surface area contributed by atoms with Crippen LogP contribution in [0, 0.1) is 0 Å². The predicted molar refractivity (Wildman–Crippen MR) is 70.7 cm³/mol. The van der Waals surface area contributed by atoms with Crippen molar-refractivity contribution < 1.29 is 9.84 Å². The van der Waals surface area contributed by atoms with Gasteiger partial charge in [0.2, 0.25) is 5.88 Å². The maximum atomic E-state index is 9.23. The number of ether oxygens (including phenoxy) is 1. The number of piperidine rings is 1. The van der Waals surface area contributed by atoms with Gasteiger partial charge < -0.3 is 14.7 Å². The molecule has 4 heteroatoms. The highest BCUT2D eigenvalue weighted by molar-refractivity contribution is 5.25. The molecule has 1 aliphatic rings. The second kappa shape index (κ2) is 6.16. The molecule has 0 amide bonds. The summed E-state index contributed by atoms with van der Waals surface area (Å²) in [6.45, 7) is 4.25. The zero-order valence-electron chi connectivity index (χ0n) is 11.2. The van der Waals surface area contributed by atoms with E-state index in [0.29, 0.717) is 5.88 Å². The monoisotopic (exact) mass is 250 g/mol. The van der Waals surface area contributed by atoms with E-state index in [2.05, 4.69) is 23.9 Å². The first-order valence-electron chi connectivity index (χ1n) is 6.67. The number of pyridine rings is 1. The molecule has 1 N–H and O–H groups in total. The van der Waals surface area contributed by atoms with Crippen molar-refractivity contribution in [2.75, 3.05) is 20.1 Å². The van der Waals surface area contributed by atoms with E-state index in [-0.39, 0.29) is 12.7 Å². The first kappa shape index (κ1) is 13.3. The van der Waals surface area contributed by atoms with Gasteiger partial charge in [0.05, 0.1) is 6.61 Å². The summed E-state index contributed by atoms with van der Waals surface area (Å²) in [5.74, 6) is 0.660. The summed E-state index contributed by atoms with van der Waals surface area (Å²) in [7, 11) is 2.13. The van der Waals surface area contributed by atoms with Crippen LogP contribution in [0.25, 0.3) is 0 Å². The van der Waals surface area contributed by atoms with Crippen LogP contribution in [-0.2, 0) is 13.0 Å². The fourth-order valence-corrected chi connectivity index (χ4v) is 2.23. The number of nitrogens with zero attached hydrogens (tertiary/aromatic N) is 2. The molecule has 0 aromatic carbocycles. The molecule has 2 rings (SSSR count). The Morgan fingerprint density at radius 1 is 1.39 bits per heavy atom. The van der Waals surface area contributed by atoms with Gasteiger partial charge in [-0.1, -0.05) is 6.92 Å². The first-order chi connectivity index (χ1) is 8.71. The van der Waals surface area contributed by atoms with E-state index >= 15 is 0 Å². The molecule has 18 heavy (non-hydrogen) atoms. The van der Waals surface area contributed by atoms with Gasteiger partial charge in [0.15, 0.2) is 0 Å². The summed E-state index contributed by atoms with van der Waals surface area (Å²) in [6, 6.07) is 3.78. The van der Waals surface area contributed by atoms with E-state index in [0.717, 1.165) is 43.6 Å². The third-order valence-electron chi connectivity index (χ3n) is 3.41. The lowest BCUT2D eigenvalue weighted by Crippen LogP contribution is -2.35. The minimum atomic E-state index is 0.0410. The van der Waals surface area contributed by atoms with Crippen LogP contribution in [0.3, 0.4) is 0 Å². The van der Waals surface area contributed by atoms with Gasteiger partial charge in [-0.2, -0.15) is 0 Å². The van der Waals surface area contributed by atoms with Crippen LogP contribution in [0.15, 0.2) is 12.1 Å². The predicted octanol–water partition coefficient (Wildman–Crippen LogP) is 1.61. The van der Waals surface area contributed by atoms with Crippen molar-refractivity contribution in [3.05, 3.63) is 23.4 Å². The van der Waals surface area contributed by atoms with E-state index in [1.54, 1.807) is 0 Å². The molecule has 0 spiro atoms. The lowest BCUT2D eigenvalue weighted by Gasteiger charge is -2.29. The van der Waals surface area contributed by atoms with Crippen LogP contribution in [0.1, 0.15) is 31.0 Å². The molecule has 100 valence electrons. The topological polar surface area (TPSA) is 45.6 Å². The van der Waals surface area contributed by atoms with Crippen molar-refractivity contribution in [3.8, 4) is 5.88 Å². The summed E-state index contributed by atoms with van der Waals surface area (Å²) in [4.78, 5) is 6.78. The molecule has 1 aromatic rings. The van der Waals surface area contributed by atoms with Gasteiger partial charge in [0, 0.05) is 24.8 Å². The molecule has 4 nitrogen and oxygen atoms in total. The molecule has 0 unspecified atom stereocenters. The van der Waals surface area contributed by atoms with Crippen molar-refractivity contribution in [1.29, 1.82) is 0 Å². The lowest BCUT2D eigenvalue weighted by molar-refractivity contribution is 0.109. The van der Waals surface area contributed by atoms with Gasteiger partial charge in [0.1, 0.15) is 6.10 Å². The number of likely N-dealkylation sites (tertiary alicyclic amines) is 1. The normalized spacial score (nSPS) is 17.9. The van der Waals surface area contributed by atoms with E-state index in [9.17, 15) is 5.11 Å². The number of hydrogen-bond donors (Lipinski definition) is 1. The molecule has 0 bridgehead atoms. The standard InChI is InChI=1S/C14H22N2O2/c1-3-12-8-11(10-17)9-14(15-12)18-13-4-6-16(2)7-5-13/h8-9,13,17H,3-7,10H2,1-2H3. The molecular formula is C14H22N2O2. The van der Waals surface area contributed by atoms with Crippen molar-refractivity contribution in [2.24, 2.45) is 0 Å². The van der Waals surface area contributed by atoms with Gasteiger partial charge in [-0.15, -0.1) is 0 Å². The van der Waals surface area contributed by atoms with Crippen molar-refractivity contribution in [1.82, 2.24) is 9.88 Å². The first-order valence-corrected chi connectivity index (χ1v) is 6.67. The number of rotatable bonds is 4. The fourth-order valence-electron chi connectivity index (χ4n) is 2.23. The minimum Gasteiger partial charge on any atom is -0.474 e. The maximum Gasteiger partial charge on any atom is 0.214 e. The summed E-state index contributed by atoms with van der Waals surface area (Å²) in [6.07, 6.45) is 3.20. The molecular weight excluding hydrogens is 228 g/mol. The number of aliphatic hydroxyl groups excluding tert-OH is 1. The maximum absolute atomic E-state index is 9.23. The van der Waals surface area contributed by atoms with Crippen LogP contribution in [0.2, 0.25) is 0 Å². The summed E-state index contributed by atoms with van der Waals surface area (Å²) < 4.78 is 5.94. The smallest absolute Gasteiger partial charge is 0.214 e. The summed E-state index contributed by atoms with van der Waals surface area (Å²) in [5.41, 5.74) is 1.86. The molecule has 2 heterocycles. The quantitative estimate of drug-likeness (QED) is 0.882. The van der Waals surface area contributed by atoms with Crippen molar-refractivity contribution in [2.45, 2.75) is 38.9 Å². The Balaban J connectivity index is 2.03. The Kier molecular flexibility index (Phi) is 4.55. The van der Waals surface area contributed by atoms with Crippen LogP contribution < -0.4 is 4.74 Å². The molecule has 1 aliphatic heterocycles. The molecule has 0 radical (unpaired) electrons. The lowest BCUT2D eigenvalue weighted by atomic mass is 10.1. The molecule has 1 saturated heterocycles. The second-order valence-electron chi connectivity index (χ2n) is 4.94. The fraction of sp³-hybridized carbons (Fsp3) is 0.643. The Bertz CT molecular complexity index is 365. The number of aryl methyl sites for hydroxylation is 1. The van der Waals surface area contributed by atoms with Crippen molar-refractivity contribution >= 4 is 0 Å². The number of aliphatic hydroxyl groups is 1. The Hall–Kier alpha value is -1.13. The third kappa shape index (κ3) is 3.43. The Labute approximate surface area is 109 Å². The van der Waals surface area contributed by atoms with Gasteiger partial charge in [-0.25, -0.2) is 4.98 Å². The van der Waals surface area contributed by atoms with Crippen LogP contribution in [0.5, 0.6) is 5.88 Å². The van der Waals surface area contributed by atoms with Gasteiger partial charge in [-0.3, -0.25) is 0 Å². The van der Waals surface area contributed by atoms with Gasteiger partial charge in [-0.05, 0) is 37.9 Å². The van der Waals surface area contributed by atoms with E-state index in [1.807, 2.05) is 12.1 Å². The Morgan fingerprint density at radius 3 is 2.72 bits per heavy atom. The number of hydrogen-bond acceptors (Lipinski definition) is 4. The second-order valence-corrected chi connectivity index (χ2v) is 4.94. The zero-order chi connectivity index (χ0) is 13.0. The van der Waals surface area contributed by atoms with Crippen LogP contribution >= 0.6 is 0 Å². The van der Waals surface area contributed by atoms with E-state index < -0.39 is 0 Å². The molecule has 1 aromatic heterocycles. The largest absolute Gasteiger partial charge is 0.474 e. The molecule has 1 fully saturated rings. The van der Waals surface area contributed by atoms with Gasteiger partial charge >= 0.3 is 0 Å². The van der Waals surface area contributed by atoms with Crippen molar-refractivity contribution in [3.63, 3.8) is 0 Å². The average Bonchev–Trinajstić information content (AvgIpc) is 2.41. The third-order valence-corrected chi connectivity index (χ3v) is 3.41. The summed E-state index contributed by atoms with van der Waals surface area (Å²) >= 11 is 0. The van der Waals surface area contributed by atoms with E-state index in [4.69, 9.17) is 4.74 Å². The van der Waals surface area contributed by atoms with E-state index in [1.165, 1.54) is 0 Å². The van der Waals surface area contributed by atoms with Crippen LogP contribution in [-0.4, -0.2) is 41.2 Å². The summed E-state index contributed by atoms with van der Waals surface area (Å²) in [5, 5.41) is 9.23. The molecule has 0 saturated carbocycles. The molecule has 0 atom stereocenters. The highest BCUT2D eigenvalue weighted by Crippen LogP contribution is 2.19. The average molecular weight is 250 g/mol.